The lowest BCUT2D eigenvalue weighted by molar-refractivity contribution is -0.146. The molecule has 9 nitrogen and oxygen atoms in total. The maximum Gasteiger partial charge on any atom is 0.313 e. The highest BCUT2D eigenvalue weighted by atomic mass is 16.2. The number of hydrogen-bond donors (Lipinski definition) is 4. The fourth-order valence-electron chi connectivity index (χ4n) is 3.95. The highest BCUT2D eigenvalue weighted by Crippen LogP contribution is 2.34. The van der Waals surface area contributed by atoms with E-state index in [1.54, 1.807) is 17.9 Å². The number of rotatable bonds is 2. The summed E-state index contributed by atoms with van der Waals surface area (Å²) in [6, 6.07) is 7.26. The first-order chi connectivity index (χ1) is 14.3. The number of aromatic amines is 1. The van der Waals surface area contributed by atoms with E-state index in [-0.39, 0.29) is 7.47 Å². The summed E-state index contributed by atoms with van der Waals surface area (Å²) in [7, 11) is 0. The third kappa shape index (κ3) is 3.78. The molecule has 1 saturated heterocycles. The average molecular weight is 409 g/mol. The van der Waals surface area contributed by atoms with Gasteiger partial charge in [0.05, 0.1) is 29.0 Å². The van der Waals surface area contributed by atoms with Gasteiger partial charge < -0.3 is 26.7 Å². The molecule has 158 valence electrons. The van der Waals surface area contributed by atoms with Crippen molar-refractivity contribution in [2.24, 2.45) is 5.92 Å². The third-order valence-electron chi connectivity index (χ3n) is 5.56. The van der Waals surface area contributed by atoms with Crippen LogP contribution in [0.3, 0.4) is 0 Å². The SMILES string of the molecule is Cc1cc(NC(=O)C(=O)N2C[C@H](C)CC[C@H]2c2ccc3nc(N)[nH]c3c2)cnc1N.[HH]. The van der Waals surface area contributed by atoms with Crippen molar-refractivity contribution >= 4 is 40.3 Å². The highest BCUT2D eigenvalue weighted by Gasteiger charge is 2.34. The molecule has 4 rings (SSSR count). The minimum atomic E-state index is -0.688. The Bertz CT molecular complexity index is 1130. The maximum absolute atomic E-state index is 13.1. The van der Waals surface area contributed by atoms with E-state index in [0.717, 1.165) is 35.0 Å². The predicted octanol–water partition coefficient (Wildman–Crippen LogP) is 2.62. The number of piperidine rings is 1. The van der Waals surface area contributed by atoms with Crippen molar-refractivity contribution in [1.29, 1.82) is 0 Å². The molecule has 0 spiro atoms. The summed E-state index contributed by atoms with van der Waals surface area (Å²) in [6.45, 7) is 4.39. The normalized spacial score (nSPS) is 19.1. The number of nitrogens with one attached hydrogen (secondary N) is 2. The van der Waals surface area contributed by atoms with Gasteiger partial charge in [-0.25, -0.2) is 9.97 Å². The van der Waals surface area contributed by atoms with E-state index in [4.69, 9.17) is 11.5 Å². The number of anilines is 3. The smallest absolute Gasteiger partial charge is 0.313 e. The summed E-state index contributed by atoms with van der Waals surface area (Å²) in [6.07, 6.45) is 3.19. The van der Waals surface area contributed by atoms with Crippen LogP contribution in [0, 0.1) is 12.8 Å². The van der Waals surface area contributed by atoms with Crippen molar-refractivity contribution in [2.45, 2.75) is 32.7 Å². The number of nitrogens with two attached hydrogens (primary N) is 2. The molecule has 0 saturated carbocycles. The van der Waals surface area contributed by atoms with Gasteiger partial charge in [-0.05, 0) is 55.0 Å². The van der Waals surface area contributed by atoms with Gasteiger partial charge in [-0.15, -0.1) is 0 Å². The molecule has 3 heterocycles. The first-order valence-electron chi connectivity index (χ1n) is 9.91. The second kappa shape index (κ2) is 7.66. The van der Waals surface area contributed by atoms with E-state index in [1.807, 2.05) is 18.2 Å². The van der Waals surface area contributed by atoms with Crippen LogP contribution in [-0.4, -0.2) is 38.2 Å². The van der Waals surface area contributed by atoms with Gasteiger partial charge in [0.1, 0.15) is 5.82 Å². The fourth-order valence-corrected chi connectivity index (χ4v) is 3.95. The largest absolute Gasteiger partial charge is 0.383 e. The van der Waals surface area contributed by atoms with E-state index < -0.39 is 11.8 Å². The molecular formula is C21H27N7O2. The quantitative estimate of drug-likeness (QED) is 0.479. The fraction of sp³-hybridized carbons (Fsp3) is 0.333. The zero-order chi connectivity index (χ0) is 21.4. The standard InChI is InChI=1S/C21H25N7O2.H2/c1-11-3-6-17(13-4-5-15-16(8-13)27-21(23)26-15)28(10-11)20(30)19(29)25-14-7-12(2)18(22)24-9-14;/h4-5,7-9,11,17H,3,6,10H2,1-2H3,(H2,22,24)(H,25,29)(H3,23,26,27);1H/t11-,17+;/m1./s1. The number of benzene rings is 1. The average Bonchev–Trinajstić information content (AvgIpc) is 3.09. The number of amides is 2. The molecular weight excluding hydrogens is 382 g/mol. The Kier molecular flexibility index (Phi) is 5.03. The minimum Gasteiger partial charge on any atom is -0.383 e. The monoisotopic (exact) mass is 409 g/mol. The van der Waals surface area contributed by atoms with Gasteiger partial charge in [0, 0.05) is 7.97 Å². The summed E-state index contributed by atoms with van der Waals surface area (Å²) in [5, 5.41) is 2.65. The van der Waals surface area contributed by atoms with Crippen LogP contribution in [-0.2, 0) is 9.59 Å². The van der Waals surface area contributed by atoms with Crippen LogP contribution in [0.5, 0.6) is 0 Å². The minimum absolute atomic E-state index is 0. The molecule has 0 radical (unpaired) electrons. The van der Waals surface area contributed by atoms with Crippen molar-refractivity contribution in [1.82, 2.24) is 19.9 Å². The molecule has 2 atom stereocenters. The molecule has 9 heteroatoms. The van der Waals surface area contributed by atoms with E-state index in [9.17, 15) is 9.59 Å². The number of aryl methyl sites for hydroxylation is 1. The molecule has 1 aliphatic rings. The lowest BCUT2D eigenvalue weighted by atomic mass is 9.89. The van der Waals surface area contributed by atoms with Crippen molar-refractivity contribution in [2.75, 3.05) is 23.3 Å². The number of hydrogen-bond acceptors (Lipinski definition) is 6. The number of nitrogens with zero attached hydrogens (tertiary/aromatic N) is 3. The molecule has 0 aliphatic carbocycles. The number of imidazole rings is 1. The van der Waals surface area contributed by atoms with Crippen molar-refractivity contribution in [3.63, 3.8) is 0 Å². The number of likely N-dealkylation sites (tertiary alicyclic amines) is 1. The van der Waals surface area contributed by atoms with Crippen LogP contribution in [0.2, 0.25) is 0 Å². The molecule has 2 amide bonds. The van der Waals surface area contributed by atoms with E-state index in [2.05, 4.69) is 27.2 Å². The van der Waals surface area contributed by atoms with Gasteiger partial charge in [-0.3, -0.25) is 9.59 Å². The first-order valence-corrected chi connectivity index (χ1v) is 9.91. The Morgan fingerprint density at radius 2 is 2.07 bits per heavy atom. The topological polar surface area (TPSA) is 143 Å². The lowest BCUT2D eigenvalue weighted by Crippen LogP contribution is -2.46. The zero-order valence-electron chi connectivity index (χ0n) is 17.0. The van der Waals surface area contributed by atoms with Gasteiger partial charge in [-0.2, -0.15) is 0 Å². The number of carbonyl (C=O) groups is 2. The van der Waals surface area contributed by atoms with Crippen LogP contribution >= 0.6 is 0 Å². The van der Waals surface area contributed by atoms with Crippen molar-refractivity contribution in [3.8, 4) is 0 Å². The van der Waals surface area contributed by atoms with E-state index in [1.165, 1.54) is 6.20 Å². The Hall–Kier alpha value is -3.62. The Labute approximate surface area is 175 Å². The molecule has 6 N–H and O–H groups in total. The molecule has 0 bridgehead atoms. The van der Waals surface area contributed by atoms with Gasteiger partial charge in [0.15, 0.2) is 5.95 Å². The van der Waals surface area contributed by atoms with Crippen LogP contribution in [0.25, 0.3) is 11.0 Å². The second-order valence-corrected chi connectivity index (χ2v) is 7.93. The van der Waals surface area contributed by atoms with Gasteiger partial charge in [-0.1, -0.05) is 13.0 Å². The highest BCUT2D eigenvalue weighted by molar-refractivity contribution is 6.39. The Morgan fingerprint density at radius 3 is 2.83 bits per heavy atom. The number of nitrogen functional groups attached to an aromatic ring is 2. The van der Waals surface area contributed by atoms with Crippen LogP contribution < -0.4 is 16.8 Å². The molecule has 3 aromatic rings. The first kappa shape index (κ1) is 19.7. The van der Waals surface area contributed by atoms with Crippen LogP contribution in [0.1, 0.15) is 38.4 Å². The molecule has 2 aromatic heterocycles. The van der Waals surface area contributed by atoms with E-state index in [0.29, 0.717) is 29.9 Å². The number of aromatic nitrogens is 3. The molecule has 30 heavy (non-hydrogen) atoms. The van der Waals surface area contributed by atoms with Crippen LogP contribution in [0.4, 0.5) is 17.5 Å². The number of pyridine rings is 1. The Balaban J connectivity index is 0.00000272. The summed E-state index contributed by atoms with van der Waals surface area (Å²) in [4.78, 5) is 38.7. The molecule has 1 aliphatic heterocycles. The van der Waals surface area contributed by atoms with E-state index >= 15 is 0 Å². The van der Waals surface area contributed by atoms with Gasteiger partial charge in [0.25, 0.3) is 0 Å². The summed E-state index contributed by atoms with van der Waals surface area (Å²) < 4.78 is 0. The summed E-state index contributed by atoms with van der Waals surface area (Å²) in [5.41, 5.74) is 15.2. The molecule has 0 unspecified atom stereocenters. The summed E-state index contributed by atoms with van der Waals surface area (Å²) >= 11 is 0. The van der Waals surface area contributed by atoms with Crippen LogP contribution in [0.15, 0.2) is 30.5 Å². The predicted molar refractivity (Wildman–Crippen MR) is 117 cm³/mol. The second-order valence-electron chi connectivity index (χ2n) is 7.93. The third-order valence-corrected chi connectivity index (χ3v) is 5.56. The van der Waals surface area contributed by atoms with Gasteiger partial charge >= 0.3 is 11.8 Å². The number of carbonyl (C=O) groups excluding carboxylic acids is 2. The van der Waals surface area contributed by atoms with Gasteiger partial charge in [0.2, 0.25) is 0 Å². The van der Waals surface area contributed by atoms with Crippen molar-refractivity contribution in [3.05, 3.63) is 41.6 Å². The number of fused-ring (bicyclic) bond motifs is 1. The zero-order valence-corrected chi connectivity index (χ0v) is 17.0. The summed E-state index contributed by atoms with van der Waals surface area (Å²) in [5.74, 6) is -0.208. The number of H-pyrrole nitrogens is 1. The molecule has 1 fully saturated rings. The molecule has 1 aromatic carbocycles. The maximum atomic E-state index is 13.1. The lowest BCUT2D eigenvalue weighted by Gasteiger charge is -2.38. The van der Waals surface area contributed by atoms with Crippen molar-refractivity contribution < 1.29 is 11.0 Å². The Morgan fingerprint density at radius 1 is 1.27 bits per heavy atom.